The van der Waals surface area contributed by atoms with E-state index in [1.54, 1.807) is 51.2 Å². The smallest absolute Gasteiger partial charge is 0.326 e. The predicted molar refractivity (Wildman–Crippen MR) is 245 cm³/mol. The molecule has 0 saturated carbocycles. The topological polar surface area (TPSA) is 389 Å². The molecular weight excluding hydrogens is 889 g/mol. The number of aromatic amines is 1. The number of H-pyrrole nitrogens is 1. The summed E-state index contributed by atoms with van der Waals surface area (Å²) in [5.41, 5.74) is 17.8. The number of amides is 10. The van der Waals surface area contributed by atoms with Gasteiger partial charge in [0, 0.05) is 42.9 Å². The zero-order valence-electron chi connectivity index (χ0n) is 38.8. The molecule has 1 aromatic carbocycles. The summed E-state index contributed by atoms with van der Waals surface area (Å²) < 4.78 is 0. The van der Waals surface area contributed by atoms with E-state index >= 15 is 0 Å². The van der Waals surface area contributed by atoms with E-state index in [-0.39, 0.29) is 51.0 Å². The van der Waals surface area contributed by atoms with Gasteiger partial charge in [-0.15, -0.1) is 0 Å². The maximum absolute atomic E-state index is 14.0. The molecule has 0 radical (unpaired) electrons. The number of hydrogen-bond donors (Lipinski definition) is 12. The van der Waals surface area contributed by atoms with Gasteiger partial charge in [0.15, 0.2) is 0 Å². The van der Waals surface area contributed by atoms with Crippen molar-refractivity contribution in [3.05, 3.63) is 36.0 Å². The summed E-state index contributed by atoms with van der Waals surface area (Å²) in [4.78, 5) is 145. The van der Waals surface area contributed by atoms with Gasteiger partial charge in [-0.2, -0.15) is 0 Å². The fraction of sp³-hybridized carbons (Fsp3) is 0.568. The number of carbonyl (C=O) groups is 11. The molecule has 1 aliphatic rings. The fourth-order valence-corrected chi connectivity index (χ4v) is 7.34. The Morgan fingerprint density at radius 3 is 1.90 bits per heavy atom. The van der Waals surface area contributed by atoms with Crippen molar-refractivity contribution in [3.8, 4) is 0 Å². The van der Waals surface area contributed by atoms with Crippen LogP contribution in [0.1, 0.15) is 84.6 Å². The highest BCUT2D eigenvalue weighted by molar-refractivity contribution is 5.97. The molecular formula is C44H66N12O12. The summed E-state index contributed by atoms with van der Waals surface area (Å²) in [6.07, 6.45) is 2.08. The Balaban J connectivity index is 1.71. The third-order valence-corrected chi connectivity index (χ3v) is 11.9. The minimum Gasteiger partial charge on any atom is -0.480 e. The molecule has 1 aliphatic heterocycles. The Morgan fingerprint density at radius 2 is 1.29 bits per heavy atom. The molecule has 1 aromatic heterocycles. The Kier molecular flexibility index (Phi) is 21.8. The number of carboxylic acids is 1. The molecule has 2 aromatic rings. The molecule has 24 nitrogen and oxygen atoms in total. The molecule has 3 rings (SSSR count). The van der Waals surface area contributed by atoms with Crippen LogP contribution in [0.15, 0.2) is 30.5 Å². The van der Waals surface area contributed by atoms with E-state index in [2.05, 4.69) is 42.2 Å². The lowest BCUT2D eigenvalue weighted by Crippen LogP contribution is -2.58. The number of para-hydroxylation sites is 1. The first-order chi connectivity index (χ1) is 32.2. The standard InChI is InChI=1S/C44H66N12O12/c1-5-23(3)37(47)42(65)51-22-36(61)56-17-9-12-31(56)41(64)53-28(13-15-32(45)57)39(62)49-21-35(60)55-38(24(4)6-2)43(66)54-30(18-25-19-48-27-11-8-7-10-26(25)27)40(63)50-20-34(59)52-29(44(67)68)14-16-33(46)58/h7-8,10-11,19,23-24,28-31,37-38,48H,5-6,9,12-18,20-22,47H2,1-4H3,(H2,45,57)(H2,46,58)(H,49,62)(H,50,63)(H,51,65)(H,52,59)(H,53,64)(H,54,66)(H,55,60)(H,67,68)/t23-,24-,28-,29-,30-,31-,37-,38-/m0/s1. The Labute approximate surface area is 393 Å². The summed E-state index contributed by atoms with van der Waals surface area (Å²) in [6.45, 7) is 5.51. The van der Waals surface area contributed by atoms with E-state index in [0.29, 0.717) is 24.8 Å². The van der Waals surface area contributed by atoms with Crippen LogP contribution in [-0.4, -0.2) is 142 Å². The zero-order chi connectivity index (χ0) is 50.7. The monoisotopic (exact) mass is 954 g/mol. The number of likely N-dealkylation sites (tertiary alicyclic amines) is 1. The lowest BCUT2D eigenvalue weighted by atomic mass is 9.97. The van der Waals surface area contributed by atoms with Gasteiger partial charge in [0.25, 0.3) is 0 Å². The van der Waals surface area contributed by atoms with Gasteiger partial charge in [-0.25, -0.2) is 4.79 Å². The first-order valence-electron chi connectivity index (χ1n) is 22.6. The second kappa shape index (κ2) is 26.9. The van der Waals surface area contributed by atoms with E-state index in [9.17, 15) is 57.8 Å². The zero-order valence-corrected chi connectivity index (χ0v) is 38.8. The normalized spacial score (nSPS) is 16.4. The van der Waals surface area contributed by atoms with Crippen LogP contribution in [0.5, 0.6) is 0 Å². The number of carbonyl (C=O) groups excluding carboxylic acids is 10. The number of nitrogens with two attached hydrogens (primary N) is 3. The summed E-state index contributed by atoms with van der Waals surface area (Å²) in [7, 11) is 0. The number of benzene rings is 1. The molecule has 374 valence electrons. The second-order valence-electron chi connectivity index (χ2n) is 16.9. The average Bonchev–Trinajstić information content (AvgIpc) is 3.97. The number of rotatable bonds is 28. The first kappa shape index (κ1) is 55.2. The van der Waals surface area contributed by atoms with Crippen molar-refractivity contribution in [1.29, 1.82) is 0 Å². The van der Waals surface area contributed by atoms with E-state index in [1.165, 1.54) is 4.90 Å². The van der Waals surface area contributed by atoms with Crippen molar-refractivity contribution >= 4 is 75.9 Å². The van der Waals surface area contributed by atoms with Crippen LogP contribution in [0.2, 0.25) is 0 Å². The van der Waals surface area contributed by atoms with Crippen LogP contribution >= 0.6 is 0 Å². The average molecular weight is 955 g/mol. The van der Waals surface area contributed by atoms with Crippen molar-refractivity contribution in [1.82, 2.24) is 47.1 Å². The van der Waals surface area contributed by atoms with Gasteiger partial charge < -0.3 is 69.4 Å². The Morgan fingerprint density at radius 1 is 0.721 bits per heavy atom. The molecule has 0 bridgehead atoms. The van der Waals surface area contributed by atoms with E-state index in [4.69, 9.17) is 17.2 Å². The summed E-state index contributed by atoms with van der Waals surface area (Å²) in [6, 6.07) is -0.108. The molecule has 10 amide bonds. The summed E-state index contributed by atoms with van der Waals surface area (Å²) >= 11 is 0. The number of nitrogens with one attached hydrogen (secondary N) is 8. The van der Waals surface area contributed by atoms with E-state index in [1.807, 2.05) is 6.92 Å². The lowest BCUT2D eigenvalue weighted by Gasteiger charge is -2.27. The van der Waals surface area contributed by atoms with Crippen molar-refractivity contribution in [3.63, 3.8) is 0 Å². The van der Waals surface area contributed by atoms with Gasteiger partial charge in [0.1, 0.15) is 30.2 Å². The van der Waals surface area contributed by atoms with Gasteiger partial charge in [-0.3, -0.25) is 47.9 Å². The quantitative estimate of drug-likeness (QED) is 0.0406. The summed E-state index contributed by atoms with van der Waals surface area (Å²) in [5, 5.41) is 27.6. The van der Waals surface area contributed by atoms with Gasteiger partial charge in [-0.05, 0) is 49.1 Å². The van der Waals surface area contributed by atoms with Crippen LogP contribution in [-0.2, 0) is 59.2 Å². The highest BCUT2D eigenvalue weighted by Crippen LogP contribution is 2.20. The fourth-order valence-electron chi connectivity index (χ4n) is 7.34. The van der Waals surface area contributed by atoms with Crippen molar-refractivity contribution in [2.45, 2.75) is 122 Å². The number of carboxylic acid groups (broad SMARTS) is 1. The highest BCUT2D eigenvalue weighted by Gasteiger charge is 2.37. The van der Waals surface area contributed by atoms with Crippen LogP contribution < -0.4 is 54.4 Å². The molecule has 24 heteroatoms. The highest BCUT2D eigenvalue weighted by atomic mass is 16.4. The maximum atomic E-state index is 14.0. The van der Waals surface area contributed by atoms with Crippen LogP contribution in [0, 0.1) is 11.8 Å². The number of hydrogen-bond acceptors (Lipinski definition) is 12. The van der Waals surface area contributed by atoms with Gasteiger partial charge in [-0.1, -0.05) is 58.7 Å². The Hall–Kier alpha value is -7.11. The minimum absolute atomic E-state index is 0.0916. The van der Waals surface area contributed by atoms with Gasteiger partial charge in [0.2, 0.25) is 59.1 Å². The number of primary amides is 2. The van der Waals surface area contributed by atoms with Crippen LogP contribution in [0.3, 0.4) is 0 Å². The number of fused-ring (bicyclic) bond motifs is 1. The molecule has 1 saturated heterocycles. The Bertz CT molecular complexity index is 2160. The van der Waals surface area contributed by atoms with Gasteiger partial charge in [0.05, 0.1) is 25.7 Å². The third-order valence-electron chi connectivity index (χ3n) is 11.9. The molecule has 1 fully saturated rings. The van der Waals surface area contributed by atoms with Crippen molar-refractivity contribution < 1.29 is 57.8 Å². The minimum atomic E-state index is -1.47. The largest absolute Gasteiger partial charge is 0.480 e. The molecule has 0 unspecified atom stereocenters. The van der Waals surface area contributed by atoms with E-state index < -0.39 is 127 Å². The van der Waals surface area contributed by atoms with Crippen molar-refractivity contribution in [2.24, 2.45) is 29.0 Å². The number of nitrogens with zero attached hydrogens (tertiary/aromatic N) is 1. The second-order valence-corrected chi connectivity index (χ2v) is 16.9. The molecule has 2 heterocycles. The third kappa shape index (κ3) is 17.0. The number of aromatic nitrogens is 1. The van der Waals surface area contributed by atoms with Crippen molar-refractivity contribution in [2.75, 3.05) is 26.2 Å². The molecule has 68 heavy (non-hydrogen) atoms. The molecule has 8 atom stereocenters. The predicted octanol–water partition coefficient (Wildman–Crippen LogP) is -2.98. The van der Waals surface area contributed by atoms with E-state index in [0.717, 1.165) is 10.9 Å². The lowest BCUT2D eigenvalue weighted by molar-refractivity contribution is -0.142. The first-order valence-corrected chi connectivity index (χ1v) is 22.6. The SMILES string of the molecule is CC[C@H](C)[C@H](N)C(=O)NCC(=O)N1CCC[C@H]1C(=O)N[C@@H](CCC(N)=O)C(=O)NCC(=O)N[C@H](C(=O)N[C@@H](Cc1c[nH]c2ccccc12)C(=O)NCC(=O)N[C@@H](CCC(N)=O)C(=O)O)[C@@H](C)CC. The van der Waals surface area contributed by atoms with Crippen LogP contribution in [0.4, 0.5) is 0 Å². The molecule has 0 spiro atoms. The maximum Gasteiger partial charge on any atom is 0.326 e. The molecule has 0 aliphatic carbocycles. The summed E-state index contributed by atoms with van der Waals surface area (Å²) in [5.74, 6) is -9.62. The molecule has 15 N–H and O–H groups in total. The van der Waals surface area contributed by atoms with Crippen LogP contribution in [0.25, 0.3) is 10.9 Å². The number of aliphatic carboxylic acids is 1. The van der Waals surface area contributed by atoms with Gasteiger partial charge >= 0.3 is 5.97 Å².